The maximum absolute atomic E-state index is 14.8. The van der Waals surface area contributed by atoms with E-state index in [1.807, 2.05) is 6.92 Å². The standard InChI is InChI=1S/C66H84N10O19/c1-35(2)55(72-46(78)15-7-6-8-25-76-47(79)20-21-48(76)80)61(85)71-41(13-10-22-69-64(68)86)60(84)70-38-18-16-37(17-19-38)34-92-65(87)74-24-11-23-73(26-27-74)33-45(77)66(88)31-40-51(58(83)52-53(57(40)82)56(81)39-12-9-14-43(89-4)50(39)54(52)67)44(32-66)94-49-30-42-59(36(3)93-49)95-62-63(90-5)91-29-28-75(42)62/h9,12,14,16-21,35-36,41-42,44,49,55,59,62-63,67,82-83,88H,6-8,10-11,13,15,22-34H2,1-5H3,(H,70,84)(H,71,85)(H,72,78)(H3,68,69,86)/t36-,41-,42-,44-,49-,55-,59+,62+,63-,66-/m0/s1. The van der Waals surface area contributed by atoms with Gasteiger partial charge in [0.1, 0.15) is 47.6 Å². The molecule has 29 nitrogen and oxygen atoms in total. The second-order valence-electron chi connectivity index (χ2n) is 25.3. The van der Waals surface area contributed by atoms with E-state index in [2.05, 4.69) is 26.2 Å². The van der Waals surface area contributed by atoms with Gasteiger partial charge >= 0.3 is 12.1 Å². The molecule has 0 unspecified atom stereocenters. The monoisotopic (exact) mass is 1320 g/mol. The number of hydrogen-bond acceptors (Lipinski definition) is 22. The molecule has 95 heavy (non-hydrogen) atoms. The second-order valence-corrected chi connectivity index (χ2v) is 25.3. The summed E-state index contributed by atoms with van der Waals surface area (Å²) >= 11 is 0. The lowest BCUT2D eigenvalue weighted by Gasteiger charge is -2.43. The normalized spacial score (nSPS) is 24.7. The number of anilines is 1. The lowest BCUT2D eigenvalue weighted by Crippen LogP contribution is -2.55. The summed E-state index contributed by atoms with van der Waals surface area (Å²) in [5.41, 5.74) is 3.11. The Morgan fingerprint density at radius 3 is 2.34 bits per heavy atom. The number of unbranched alkanes of at least 4 members (excludes halogenated alkanes) is 2. The Morgan fingerprint density at radius 2 is 1.62 bits per heavy atom. The smallest absolute Gasteiger partial charge is 0.410 e. The zero-order valence-electron chi connectivity index (χ0n) is 53.9. The first-order valence-electron chi connectivity index (χ1n) is 32.2. The molecule has 5 aliphatic heterocycles. The van der Waals surface area contributed by atoms with Gasteiger partial charge in [0.15, 0.2) is 30.4 Å². The van der Waals surface area contributed by atoms with Crippen LogP contribution >= 0.6 is 0 Å². The van der Waals surface area contributed by atoms with Gasteiger partial charge in [0.2, 0.25) is 17.7 Å². The average Bonchev–Trinajstić information content (AvgIpc) is 1.38. The Hall–Kier alpha value is -8.42. The first-order valence-corrected chi connectivity index (χ1v) is 32.2. The van der Waals surface area contributed by atoms with Crippen LogP contribution in [0.3, 0.4) is 0 Å². The summed E-state index contributed by atoms with van der Waals surface area (Å²) in [6.07, 6.45) is -0.907. The number of phenolic OH excluding ortho intramolecular Hbond substituents is 2. The summed E-state index contributed by atoms with van der Waals surface area (Å²) in [7, 11) is 2.93. The number of ketones is 2. The van der Waals surface area contributed by atoms with Gasteiger partial charge < -0.3 is 80.4 Å². The van der Waals surface area contributed by atoms with E-state index in [1.165, 1.54) is 37.3 Å². The molecule has 29 heteroatoms. The highest BCUT2D eigenvalue weighted by molar-refractivity contribution is 6.32. The number of carbonyl (C=O) groups is 9. The quantitative estimate of drug-likeness (QED) is 0.0262. The number of phenols is 2. The summed E-state index contributed by atoms with van der Waals surface area (Å²) in [6, 6.07) is 8.03. The number of aromatic hydroxyl groups is 2. The van der Waals surface area contributed by atoms with E-state index < -0.39 is 115 Å². The van der Waals surface area contributed by atoms with Crippen LogP contribution in [0, 0.1) is 11.3 Å². The van der Waals surface area contributed by atoms with Crippen molar-refractivity contribution in [3.63, 3.8) is 0 Å². The molecule has 10 N–H and O–H groups in total. The third-order valence-electron chi connectivity index (χ3n) is 18.6. The van der Waals surface area contributed by atoms with Crippen molar-refractivity contribution in [2.45, 2.75) is 152 Å². The minimum absolute atomic E-state index is 0.00208. The molecule has 3 aromatic carbocycles. The van der Waals surface area contributed by atoms with Crippen molar-refractivity contribution in [2.24, 2.45) is 11.7 Å². The molecule has 512 valence electrons. The molecule has 0 radical (unpaired) electrons. The first kappa shape index (κ1) is 69.4. The number of nitrogens with one attached hydrogen (secondary N) is 5. The summed E-state index contributed by atoms with van der Waals surface area (Å²) < 4.78 is 42.3. The van der Waals surface area contributed by atoms with E-state index in [1.54, 1.807) is 55.1 Å². The number of Topliss-reactive ketones (excluding diaryl/α,β-unsaturated/α-hetero) is 1. The van der Waals surface area contributed by atoms with Crippen LogP contribution in [0.1, 0.15) is 128 Å². The SMILES string of the molecule is COc1cccc2c1C(=N)c1c(O)c3c(c(O)c1C2=O)C[C@@](O)(C(=O)CN1CCCN(C(=O)OCc2ccc(NC(=O)[C@H](CCCNC(N)=O)NC(=O)[C@@H](NC(=O)CCCCCN4C(=O)C=CC4=O)C(C)C)cc2)CC1)C[C@@H]3O[C@H]1C[C@H]2[C@H](O[C@@H]3[C@@H](OC)OCCN32)[C@H](C)O1. The van der Waals surface area contributed by atoms with Crippen molar-refractivity contribution in [3.8, 4) is 17.2 Å². The van der Waals surface area contributed by atoms with Gasteiger partial charge in [-0.3, -0.25) is 53.7 Å². The van der Waals surface area contributed by atoms with Gasteiger partial charge in [0, 0.05) is 119 Å². The molecule has 10 atom stereocenters. The number of ether oxygens (including phenoxy) is 7. The molecule has 3 aromatic rings. The number of nitrogens with two attached hydrogens (primary N) is 1. The highest BCUT2D eigenvalue weighted by atomic mass is 16.7. The number of benzene rings is 3. The predicted molar refractivity (Wildman–Crippen MR) is 337 cm³/mol. The number of methoxy groups -OCH3 is 2. The number of urea groups is 1. The minimum atomic E-state index is -2.24. The molecule has 4 saturated heterocycles. The number of morpholine rings is 1. The molecule has 0 aromatic heterocycles. The third kappa shape index (κ3) is 15.3. The number of carbonyl (C=O) groups excluding carboxylic acids is 9. The predicted octanol–water partition coefficient (Wildman–Crippen LogP) is 2.75. The molecule has 2 aliphatic carbocycles. The van der Waals surface area contributed by atoms with Gasteiger partial charge in [-0.2, -0.15) is 0 Å². The molecule has 0 spiro atoms. The highest BCUT2D eigenvalue weighted by Gasteiger charge is 2.55. The van der Waals surface area contributed by atoms with Gasteiger partial charge in [-0.1, -0.05) is 44.5 Å². The Bertz CT molecular complexity index is 3480. The molecule has 4 fully saturated rings. The van der Waals surface area contributed by atoms with Gasteiger partial charge in [0.25, 0.3) is 11.8 Å². The molecule has 5 heterocycles. The van der Waals surface area contributed by atoms with E-state index in [9.17, 15) is 63.9 Å². The number of primary amides is 1. The van der Waals surface area contributed by atoms with E-state index in [4.69, 9.17) is 38.9 Å². The minimum Gasteiger partial charge on any atom is -0.507 e. The Balaban J connectivity index is 0.751. The third-order valence-corrected chi connectivity index (χ3v) is 18.6. The molecule has 0 bridgehead atoms. The lowest BCUT2D eigenvalue weighted by atomic mass is 9.71. The van der Waals surface area contributed by atoms with E-state index >= 15 is 0 Å². The van der Waals surface area contributed by atoms with Crippen LogP contribution in [0.2, 0.25) is 0 Å². The van der Waals surface area contributed by atoms with Crippen molar-refractivity contribution in [2.75, 3.05) is 78.5 Å². The van der Waals surface area contributed by atoms with E-state index in [0.29, 0.717) is 56.6 Å². The number of amides is 8. The van der Waals surface area contributed by atoms with Crippen LogP contribution in [0.4, 0.5) is 15.3 Å². The first-order chi connectivity index (χ1) is 45.5. The van der Waals surface area contributed by atoms with Crippen molar-refractivity contribution >= 4 is 64.6 Å². The summed E-state index contributed by atoms with van der Waals surface area (Å²) in [5, 5.41) is 57.5. The average molecular weight is 1320 g/mol. The van der Waals surface area contributed by atoms with Crippen molar-refractivity contribution in [3.05, 3.63) is 93.6 Å². The highest BCUT2D eigenvalue weighted by Crippen LogP contribution is 2.53. The van der Waals surface area contributed by atoms with Crippen LogP contribution in [0.15, 0.2) is 54.6 Å². The lowest BCUT2D eigenvalue weighted by molar-refractivity contribution is -0.256. The largest absolute Gasteiger partial charge is 0.507 e. The summed E-state index contributed by atoms with van der Waals surface area (Å²) in [5.74, 6) is -4.98. The van der Waals surface area contributed by atoms with Crippen LogP contribution in [-0.4, -0.2) is 222 Å². The zero-order chi connectivity index (χ0) is 68.0. The van der Waals surface area contributed by atoms with Crippen LogP contribution < -0.4 is 31.7 Å². The second kappa shape index (κ2) is 30.1. The molecule has 8 amide bonds. The van der Waals surface area contributed by atoms with Crippen LogP contribution in [-0.2, 0) is 70.2 Å². The van der Waals surface area contributed by atoms with Crippen LogP contribution in [0.25, 0.3) is 0 Å². The number of rotatable bonds is 25. The Morgan fingerprint density at radius 1 is 0.863 bits per heavy atom. The van der Waals surface area contributed by atoms with E-state index in [0.717, 1.165) is 4.90 Å². The summed E-state index contributed by atoms with van der Waals surface area (Å²) in [6.45, 7) is 7.15. The molecule has 7 aliphatic rings. The van der Waals surface area contributed by atoms with Gasteiger partial charge in [0.05, 0.1) is 54.9 Å². The number of aliphatic hydroxyl groups is 1. The number of imide groups is 1. The maximum Gasteiger partial charge on any atom is 0.410 e. The molecule has 10 rings (SSSR count). The van der Waals surface area contributed by atoms with Crippen molar-refractivity contribution < 1.29 is 91.6 Å². The number of hydrogen-bond donors (Lipinski definition) is 9. The van der Waals surface area contributed by atoms with E-state index in [-0.39, 0.29) is 146 Å². The molecular weight excluding hydrogens is 1240 g/mol. The molecule has 0 saturated carbocycles. The molecular formula is C66H84N10O19. The maximum atomic E-state index is 14.8. The van der Waals surface area contributed by atoms with Gasteiger partial charge in [-0.15, -0.1) is 0 Å². The Kier molecular flexibility index (Phi) is 22.0. The van der Waals surface area contributed by atoms with Crippen molar-refractivity contribution in [1.82, 2.24) is 35.6 Å². The fourth-order valence-corrected chi connectivity index (χ4v) is 13.6. The summed E-state index contributed by atoms with van der Waals surface area (Å²) in [4.78, 5) is 125. The fourth-order valence-electron chi connectivity index (χ4n) is 13.6. The van der Waals surface area contributed by atoms with Crippen molar-refractivity contribution in [1.29, 1.82) is 5.41 Å². The fraction of sp³-hybridized carbons (Fsp3) is 0.545. The number of fused-ring (bicyclic) bond motifs is 6. The van der Waals surface area contributed by atoms with Crippen LogP contribution in [0.5, 0.6) is 17.2 Å². The number of nitrogens with zero attached hydrogens (tertiary/aromatic N) is 4. The van der Waals surface area contributed by atoms with Gasteiger partial charge in [-0.05, 0) is 68.7 Å². The zero-order valence-corrected chi connectivity index (χ0v) is 53.9. The topological polar surface area (TPSA) is 390 Å². The van der Waals surface area contributed by atoms with Gasteiger partial charge in [-0.25, -0.2) is 9.59 Å². The Labute approximate surface area is 548 Å².